The van der Waals surface area contributed by atoms with Crippen LogP contribution < -0.4 is 9.47 Å². The molecule has 1 unspecified atom stereocenters. The highest BCUT2D eigenvalue weighted by atomic mass is 16.5. The van der Waals surface area contributed by atoms with Gasteiger partial charge in [-0.15, -0.1) is 0 Å². The minimum atomic E-state index is -0.117. The van der Waals surface area contributed by atoms with Crippen molar-refractivity contribution in [2.45, 2.75) is 19.8 Å². The lowest BCUT2D eigenvalue weighted by Gasteiger charge is -2.10. The van der Waals surface area contributed by atoms with Crippen molar-refractivity contribution in [3.8, 4) is 17.2 Å². The van der Waals surface area contributed by atoms with Crippen molar-refractivity contribution >= 4 is 11.9 Å². The monoisotopic (exact) mass is 324 g/mol. The van der Waals surface area contributed by atoms with Gasteiger partial charge < -0.3 is 14.6 Å². The molecule has 0 aliphatic heterocycles. The number of aryl methyl sites for hydroxylation is 1. The van der Waals surface area contributed by atoms with Crippen LogP contribution in [0.2, 0.25) is 0 Å². The summed E-state index contributed by atoms with van der Waals surface area (Å²) < 4.78 is 10.6. The zero-order chi connectivity index (χ0) is 17.4. The Morgan fingerprint density at radius 1 is 1.08 bits per heavy atom. The molecule has 0 heterocycles. The highest BCUT2D eigenvalue weighted by Gasteiger charge is 2.35. The summed E-state index contributed by atoms with van der Waals surface area (Å²) in [5, 5.41) is 10.1. The largest absolute Gasteiger partial charge is 0.507 e. The lowest BCUT2D eigenvalue weighted by Crippen LogP contribution is -1.98. The molecule has 0 saturated heterocycles. The smallest absolute Gasteiger partial charge is 0.193 e. The first-order valence-electron chi connectivity index (χ1n) is 7.78. The van der Waals surface area contributed by atoms with Gasteiger partial charge in [-0.1, -0.05) is 19.1 Å². The van der Waals surface area contributed by atoms with E-state index >= 15 is 0 Å². The second kappa shape index (κ2) is 6.04. The topological polar surface area (TPSA) is 55.8 Å². The Morgan fingerprint density at radius 2 is 1.79 bits per heavy atom. The van der Waals surface area contributed by atoms with Crippen molar-refractivity contribution < 1.29 is 19.4 Å². The Bertz CT molecular complexity index is 849. The summed E-state index contributed by atoms with van der Waals surface area (Å²) in [7, 11) is 3.16. The summed E-state index contributed by atoms with van der Waals surface area (Å²) in [6.45, 7) is 3.95. The summed E-state index contributed by atoms with van der Waals surface area (Å²) in [4.78, 5) is 12.8. The van der Waals surface area contributed by atoms with Crippen LogP contribution in [0.5, 0.6) is 17.2 Å². The number of rotatable bonds is 3. The number of allylic oxidation sites excluding steroid dienone is 1. The quantitative estimate of drug-likeness (QED) is 0.864. The van der Waals surface area contributed by atoms with Crippen LogP contribution >= 0.6 is 0 Å². The first-order chi connectivity index (χ1) is 11.5. The Labute approximate surface area is 141 Å². The lowest BCUT2D eigenvalue weighted by atomic mass is 9.95. The van der Waals surface area contributed by atoms with Gasteiger partial charge in [-0.3, -0.25) is 4.79 Å². The maximum absolute atomic E-state index is 12.8. The van der Waals surface area contributed by atoms with Gasteiger partial charge in [0.2, 0.25) is 0 Å². The molecule has 4 nitrogen and oxygen atoms in total. The number of phenolic OH excluding ortho intramolecular Hbond substituents is 1. The van der Waals surface area contributed by atoms with Crippen molar-refractivity contribution in [1.82, 2.24) is 0 Å². The first-order valence-corrected chi connectivity index (χ1v) is 7.78. The van der Waals surface area contributed by atoms with Gasteiger partial charge in [0.25, 0.3) is 0 Å². The van der Waals surface area contributed by atoms with Gasteiger partial charge in [-0.25, -0.2) is 0 Å². The second-order valence-corrected chi connectivity index (χ2v) is 5.96. The average Bonchev–Trinajstić information content (AvgIpc) is 2.84. The summed E-state index contributed by atoms with van der Waals surface area (Å²) >= 11 is 0. The molecular formula is C20H20O4. The zero-order valence-electron chi connectivity index (χ0n) is 14.2. The number of ketones is 1. The minimum absolute atomic E-state index is 0.0446. The Morgan fingerprint density at radius 3 is 2.42 bits per heavy atom. The molecule has 0 amide bonds. The number of ether oxygens (including phenoxy) is 2. The molecule has 1 aliphatic carbocycles. The molecule has 0 spiro atoms. The van der Waals surface area contributed by atoms with Crippen molar-refractivity contribution in [2.24, 2.45) is 0 Å². The molecule has 2 aromatic carbocycles. The fourth-order valence-electron chi connectivity index (χ4n) is 3.32. The molecule has 0 bridgehead atoms. The standard InChI is InChI=1S/C20H20O4/c1-11-5-7-15(21)19-18(11)12(2)14(20(19)22)9-13-6-8-16(23-3)17(10-13)24-4/h5-10,12,21H,1-4H3/b14-9+. The number of Topliss-reactive ketones (excluding diaryl/α,β-unsaturated/α-hetero) is 1. The van der Waals surface area contributed by atoms with E-state index < -0.39 is 0 Å². The van der Waals surface area contributed by atoms with Crippen molar-refractivity contribution in [3.05, 3.63) is 58.2 Å². The summed E-state index contributed by atoms with van der Waals surface area (Å²) in [5.41, 5.74) is 3.87. The average molecular weight is 324 g/mol. The van der Waals surface area contributed by atoms with Crippen LogP contribution in [0.25, 0.3) is 6.08 Å². The van der Waals surface area contributed by atoms with Gasteiger partial charge in [-0.05, 0) is 47.9 Å². The van der Waals surface area contributed by atoms with Gasteiger partial charge >= 0.3 is 0 Å². The predicted molar refractivity (Wildman–Crippen MR) is 93.1 cm³/mol. The molecule has 2 aromatic rings. The predicted octanol–water partition coefficient (Wildman–Crippen LogP) is 4.10. The number of methoxy groups -OCH3 is 2. The first kappa shape index (κ1) is 16.1. The fourth-order valence-corrected chi connectivity index (χ4v) is 3.32. The minimum Gasteiger partial charge on any atom is -0.507 e. The van der Waals surface area contributed by atoms with Crippen LogP contribution in [0.1, 0.15) is 39.9 Å². The van der Waals surface area contributed by atoms with E-state index in [9.17, 15) is 9.90 Å². The number of phenols is 1. The number of aromatic hydroxyl groups is 1. The van der Waals surface area contributed by atoms with Crippen LogP contribution in [-0.4, -0.2) is 25.1 Å². The molecule has 0 aromatic heterocycles. The maximum Gasteiger partial charge on any atom is 0.193 e. The summed E-state index contributed by atoms with van der Waals surface area (Å²) in [6, 6.07) is 8.95. The molecule has 3 rings (SSSR count). The van der Waals surface area contributed by atoms with Crippen LogP contribution in [0.4, 0.5) is 0 Å². The van der Waals surface area contributed by atoms with E-state index in [1.807, 2.05) is 44.2 Å². The van der Waals surface area contributed by atoms with Crippen LogP contribution in [0.3, 0.4) is 0 Å². The number of benzene rings is 2. The molecule has 0 saturated carbocycles. The molecule has 1 N–H and O–H groups in total. The Balaban J connectivity index is 2.08. The van der Waals surface area contributed by atoms with Crippen molar-refractivity contribution in [1.29, 1.82) is 0 Å². The molecule has 0 fully saturated rings. The molecule has 1 atom stereocenters. The molecule has 124 valence electrons. The van der Waals surface area contributed by atoms with E-state index in [2.05, 4.69) is 0 Å². The van der Waals surface area contributed by atoms with Gasteiger partial charge in [0, 0.05) is 11.5 Å². The number of fused-ring (bicyclic) bond motifs is 1. The Kier molecular flexibility index (Phi) is 4.06. The van der Waals surface area contributed by atoms with Crippen LogP contribution in [-0.2, 0) is 0 Å². The number of carbonyl (C=O) groups excluding carboxylic acids is 1. The molecule has 1 aliphatic rings. The van der Waals surface area contributed by atoms with Gasteiger partial charge in [0.05, 0.1) is 19.8 Å². The molecular weight excluding hydrogens is 304 g/mol. The van der Waals surface area contributed by atoms with Gasteiger partial charge in [0.1, 0.15) is 5.75 Å². The lowest BCUT2D eigenvalue weighted by molar-refractivity contribution is 0.103. The van der Waals surface area contributed by atoms with E-state index in [0.717, 1.165) is 16.7 Å². The third kappa shape index (κ3) is 2.44. The molecule has 0 radical (unpaired) electrons. The normalized spacial score (nSPS) is 17.9. The van der Waals surface area contributed by atoms with Gasteiger partial charge in [-0.2, -0.15) is 0 Å². The van der Waals surface area contributed by atoms with Gasteiger partial charge in [0.15, 0.2) is 17.3 Å². The Hall–Kier alpha value is -2.75. The zero-order valence-corrected chi connectivity index (χ0v) is 14.2. The van der Waals surface area contributed by atoms with Crippen molar-refractivity contribution in [3.63, 3.8) is 0 Å². The highest BCUT2D eigenvalue weighted by molar-refractivity contribution is 6.18. The molecule has 4 heteroatoms. The number of hydrogen-bond donors (Lipinski definition) is 1. The van der Waals surface area contributed by atoms with E-state index in [1.165, 1.54) is 0 Å². The second-order valence-electron chi connectivity index (χ2n) is 5.96. The number of hydrogen-bond acceptors (Lipinski definition) is 4. The molecule has 24 heavy (non-hydrogen) atoms. The SMILES string of the molecule is COc1ccc(/C=C2/C(=O)c3c(O)ccc(C)c3C2C)cc1OC. The van der Waals surface area contributed by atoms with E-state index in [4.69, 9.17) is 9.47 Å². The summed E-state index contributed by atoms with van der Waals surface area (Å²) in [5.74, 6) is 1.12. The van der Waals surface area contributed by atoms with Crippen LogP contribution in [0, 0.1) is 6.92 Å². The fraction of sp³-hybridized carbons (Fsp3) is 0.250. The van der Waals surface area contributed by atoms with Crippen LogP contribution in [0.15, 0.2) is 35.9 Å². The third-order valence-electron chi connectivity index (χ3n) is 4.56. The van der Waals surface area contributed by atoms with E-state index in [1.54, 1.807) is 20.3 Å². The van der Waals surface area contributed by atoms with Crippen molar-refractivity contribution in [2.75, 3.05) is 14.2 Å². The summed E-state index contributed by atoms with van der Waals surface area (Å²) in [6.07, 6.45) is 1.86. The highest BCUT2D eigenvalue weighted by Crippen LogP contribution is 2.44. The maximum atomic E-state index is 12.8. The third-order valence-corrected chi connectivity index (χ3v) is 4.56. The van der Waals surface area contributed by atoms with E-state index in [-0.39, 0.29) is 17.5 Å². The van der Waals surface area contributed by atoms with E-state index in [0.29, 0.717) is 22.6 Å². The number of carbonyl (C=O) groups is 1.